The zero-order valence-electron chi connectivity index (χ0n) is 10.3. The Morgan fingerprint density at radius 3 is 2.75 bits per heavy atom. The number of aromatic nitrogens is 3. The van der Waals surface area contributed by atoms with E-state index < -0.39 is 11.8 Å². The summed E-state index contributed by atoms with van der Waals surface area (Å²) in [6.45, 7) is 0.502. The van der Waals surface area contributed by atoms with Gasteiger partial charge >= 0.3 is 5.69 Å². The Balaban J connectivity index is 2.21. The summed E-state index contributed by atoms with van der Waals surface area (Å²) in [5.74, 6) is 0.122. The van der Waals surface area contributed by atoms with Crippen molar-refractivity contribution in [3.05, 3.63) is 38.5 Å². The minimum atomic E-state index is -0.766. The first kappa shape index (κ1) is 13.5. The van der Waals surface area contributed by atoms with Crippen LogP contribution in [0.4, 0.5) is 0 Å². The second kappa shape index (κ2) is 4.80. The van der Waals surface area contributed by atoms with Gasteiger partial charge in [0.25, 0.3) is 0 Å². The first-order chi connectivity index (χ1) is 9.49. The number of hydrogen-bond donors (Lipinski definition) is 2. The molecule has 2 heterocycles. The van der Waals surface area contributed by atoms with Crippen LogP contribution < -0.4 is 5.69 Å². The fourth-order valence-corrected chi connectivity index (χ4v) is 2.75. The molecule has 1 aliphatic heterocycles. The van der Waals surface area contributed by atoms with Crippen molar-refractivity contribution in [2.45, 2.75) is 25.5 Å². The van der Waals surface area contributed by atoms with E-state index in [0.717, 1.165) is 4.68 Å². The lowest BCUT2D eigenvalue weighted by Crippen LogP contribution is -2.27. The first-order valence-electron chi connectivity index (χ1n) is 6.05. The number of phenolic OH excluding ortho intramolecular Hbond substituents is 1. The van der Waals surface area contributed by atoms with Gasteiger partial charge in [-0.2, -0.15) is 4.68 Å². The van der Waals surface area contributed by atoms with Gasteiger partial charge in [-0.3, -0.25) is 4.57 Å². The molecule has 106 valence electrons. The molecule has 0 fully saturated rings. The fourth-order valence-electron chi connectivity index (χ4n) is 2.29. The lowest BCUT2D eigenvalue weighted by Gasteiger charge is -2.16. The highest BCUT2D eigenvalue weighted by Crippen LogP contribution is 2.32. The van der Waals surface area contributed by atoms with Crippen LogP contribution in [0, 0.1) is 0 Å². The highest BCUT2D eigenvalue weighted by Gasteiger charge is 2.25. The smallest absolute Gasteiger partial charge is 0.350 e. The Labute approximate surface area is 123 Å². The summed E-state index contributed by atoms with van der Waals surface area (Å²) in [5, 5.41) is 23.9. The highest BCUT2D eigenvalue weighted by atomic mass is 35.5. The molecule has 3 rings (SSSR count). The summed E-state index contributed by atoms with van der Waals surface area (Å²) in [5.41, 5.74) is -0.171. The van der Waals surface area contributed by atoms with Crippen LogP contribution >= 0.6 is 23.2 Å². The van der Waals surface area contributed by atoms with Crippen LogP contribution in [0.1, 0.15) is 24.8 Å². The first-order valence-corrected chi connectivity index (χ1v) is 6.81. The Morgan fingerprint density at radius 2 is 2.05 bits per heavy atom. The van der Waals surface area contributed by atoms with Crippen LogP contribution in [0.5, 0.6) is 5.75 Å². The fraction of sp³-hybridized carbons (Fsp3) is 0.333. The van der Waals surface area contributed by atoms with Crippen LogP contribution in [-0.4, -0.2) is 24.6 Å². The number of aromatic hydroxyl groups is 1. The molecule has 1 aromatic carbocycles. The third-order valence-corrected chi connectivity index (χ3v) is 3.90. The molecule has 0 saturated carbocycles. The Morgan fingerprint density at radius 1 is 1.30 bits per heavy atom. The number of rotatable bonds is 1. The molecule has 1 atom stereocenters. The molecule has 6 nitrogen and oxygen atoms in total. The number of benzene rings is 1. The predicted molar refractivity (Wildman–Crippen MR) is 73.7 cm³/mol. The Bertz CT molecular complexity index is 738. The number of halogens is 2. The van der Waals surface area contributed by atoms with Crippen molar-refractivity contribution in [3.8, 4) is 11.4 Å². The molecule has 0 bridgehead atoms. The van der Waals surface area contributed by atoms with Gasteiger partial charge in [-0.25, -0.2) is 4.79 Å². The number of phenols is 1. The SMILES string of the molecule is O=c1n(-c2cc(O)c(Cl)cc2Cl)nc2n1CCCC2O. The minimum Gasteiger partial charge on any atom is -0.506 e. The quantitative estimate of drug-likeness (QED) is 0.842. The summed E-state index contributed by atoms with van der Waals surface area (Å²) in [6.07, 6.45) is 0.507. The highest BCUT2D eigenvalue weighted by molar-refractivity contribution is 6.36. The summed E-state index contributed by atoms with van der Waals surface area (Å²) in [6, 6.07) is 2.62. The van der Waals surface area contributed by atoms with Gasteiger partial charge in [0.15, 0.2) is 5.82 Å². The van der Waals surface area contributed by atoms with Gasteiger partial charge in [0.2, 0.25) is 0 Å². The minimum absolute atomic E-state index is 0.0933. The molecule has 0 aliphatic carbocycles. The molecule has 0 spiro atoms. The molecule has 0 amide bonds. The summed E-state index contributed by atoms with van der Waals surface area (Å²) < 4.78 is 2.48. The van der Waals surface area contributed by atoms with E-state index in [4.69, 9.17) is 23.2 Å². The average molecular weight is 316 g/mol. The third-order valence-electron chi connectivity index (χ3n) is 3.29. The van der Waals surface area contributed by atoms with Crippen LogP contribution in [0.25, 0.3) is 5.69 Å². The van der Waals surface area contributed by atoms with Crippen LogP contribution in [0.2, 0.25) is 10.0 Å². The molecule has 1 aliphatic rings. The van der Waals surface area contributed by atoms with E-state index in [-0.39, 0.29) is 21.5 Å². The normalized spacial score (nSPS) is 18.1. The van der Waals surface area contributed by atoms with E-state index in [2.05, 4.69) is 5.10 Å². The zero-order valence-corrected chi connectivity index (χ0v) is 11.8. The van der Waals surface area contributed by atoms with Crippen molar-refractivity contribution in [1.29, 1.82) is 0 Å². The van der Waals surface area contributed by atoms with Gasteiger partial charge in [-0.05, 0) is 18.9 Å². The number of fused-ring (bicyclic) bond motifs is 1. The molecule has 2 N–H and O–H groups in total. The van der Waals surface area contributed by atoms with Gasteiger partial charge < -0.3 is 10.2 Å². The van der Waals surface area contributed by atoms with Crippen molar-refractivity contribution < 1.29 is 10.2 Å². The molecular formula is C12H11Cl2N3O3. The van der Waals surface area contributed by atoms with Gasteiger partial charge in [0.05, 0.1) is 15.7 Å². The Kier molecular flexibility index (Phi) is 3.24. The maximum absolute atomic E-state index is 12.3. The van der Waals surface area contributed by atoms with E-state index in [0.29, 0.717) is 25.2 Å². The molecule has 20 heavy (non-hydrogen) atoms. The van der Waals surface area contributed by atoms with Gasteiger partial charge in [0.1, 0.15) is 11.9 Å². The largest absolute Gasteiger partial charge is 0.506 e. The number of aliphatic hydroxyl groups excluding tert-OH is 1. The maximum Gasteiger partial charge on any atom is 0.350 e. The number of aliphatic hydroxyl groups is 1. The number of hydrogen-bond acceptors (Lipinski definition) is 4. The van der Waals surface area contributed by atoms with E-state index >= 15 is 0 Å². The third kappa shape index (κ3) is 2.00. The van der Waals surface area contributed by atoms with Crippen LogP contribution in [-0.2, 0) is 6.54 Å². The average Bonchev–Trinajstić information content (AvgIpc) is 2.73. The van der Waals surface area contributed by atoms with Gasteiger partial charge in [-0.1, -0.05) is 23.2 Å². The molecule has 1 unspecified atom stereocenters. The van der Waals surface area contributed by atoms with E-state index in [9.17, 15) is 15.0 Å². The molecule has 0 saturated heterocycles. The lowest BCUT2D eigenvalue weighted by molar-refractivity contribution is 0.132. The molecular weight excluding hydrogens is 305 g/mol. The van der Waals surface area contributed by atoms with Crippen LogP contribution in [0.15, 0.2) is 16.9 Å². The number of nitrogens with zero attached hydrogens (tertiary/aromatic N) is 3. The predicted octanol–water partition coefficient (Wildman–Crippen LogP) is 1.87. The molecule has 0 radical (unpaired) electrons. The van der Waals surface area contributed by atoms with Crippen molar-refractivity contribution in [3.63, 3.8) is 0 Å². The summed E-state index contributed by atoms with van der Waals surface area (Å²) in [4.78, 5) is 12.3. The maximum atomic E-state index is 12.3. The second-order valence-corrected chi connectivity index (χ2v) is 5.43. The van der Waals surface area contributed by atoms with E-state index in [1.165, 1.54) is 16.7 Å². The summed E-state index contributed by atoms with van der Waals surface area (Å²) in [7, 11) is 0. The van der Waals surface area contributed by atoms with Gasteiger partial charge in [0, 0.05) is 12.6 Å². The van der Waals surface area contributed by atoms with Crippen LogP contribution in [0.3, 0.4) is 0 Å². The van der Waals surface area contributed by atoms with Gasteiger partial charge in [-0.15, -0.1) is 5.10 Å². The van der Waals surface area contributed by atoms with Crippen molar-refractivity contribution in [1.82, 2.24) is 14.3 Å². The Hall–Kier alpha value is -1.50. The van der Waals surface area contributed by atoms with Crippen molar-refractivity contribution in [2.75, 3.05) is 0 Å². The van der Waals surface area contributed by atoms with E-state index in [1.807, 2.05) is 0 Å². The summed E-state index contributed by atoms with van der Waals surface area (Å²) >= 11 is 11.8. The second-order valence-electron chi connectivity index (χ2n) is 4.62. The van der Waals surface area contributed by atoms with Crippen molar-refractivity contribution >= 4 is 23.2 Å². The van der Waals surface area contributed by atoms with Crippen molar-refractivity contribution in [2.24, 2.45) is 0 Å². The monoisotopic (exact) mass is 315 g/mol. The lowest BCUT2D eigenvalue weighted by atomic mass is 10.1. The molecule has 1 aromatic heterocycles. The molecule has 8 heteroatoms. The molecule has 2 aromatic rings. The van der Waals surface area contributed by atoms with E-state index in [1.54, 1.807) is 0 Å². The topological polar surface area (TPSA) is 80.3 Å². The standard InChI is InChI=1S/C12H11Cl2N3O3/c13-6-4-7(14)10(19)5-8(6)17-12(20)16-3-1-2-9(18)11(16)15-17/h4-5,9,18-19H,1-3H2. The zero-order chi connectivity index (χ0) is 14.4.